The second-order valence-corrected chi connectivity index (χ2v) is 5.46. The van der Waals surface area contributed by atoms with Crippen molar-refractivity contribution in [2.75, 3.05) is 19.0 Å². The van der Waals surface area contributed by atoms with E-state index in [1.54, 1.807) is 0 Å². The summed E-state index contributed by atoms with van der Waals surface area (Å²) in [6, 6.07) is 0.242. The van der Waals surface area contributed by atoms with E-state index >= 15 is 0 Å². The quantitative estimate of drug-likeness (QED) is 0.731. The number of nitrogens with one attached hydrogen (secondary N) is 1. The molecule has 1 aliphatic heterocycles. The fourth-order valence-electron chi connectivity index (χ4n) is 1.69. The predicted octanol–water partition coefficient (Wildman–Crippen LogP) is 1.86. The number of thiol groups is 1. The number of carbonyl (C=O) groups excluding carboxylic acids is 1. The Hall–Kier alpha value is -0.420. The van der Waals surface area contributed by atoms with Crippen molar-refractivity contribution in [1.29, 1.82) is 0 Å². The highest BCUT2D eigenvalue weighted by Crippen LogP contribution is 2.12. The molecule has 0 aromatic carbocycles. The van der Waals surface area contributed by atoms with Crippen LogP contribution in [0.4, 0.5) is 4.79 Å². The lowest BCUT2D eigenvalue weighted by Gasteiger charge is -2.31. The van der Waals surface area contributed by atoms with Crippen molar-refractivity contribution < 1.29 is 9.53 Å². The maximum absolute atomic E-state index is 11.5. The van der Waals surface area contributed by atoms with E-state index in [-0.39, 0.29) is 12.1 Å². The summed E-state index contributed by atoms with van der Waals surface area (Å²) in [6.07, 6.45) is 1.64. The van der Waals surface area contributed by atoms with Gasteiger partial charge < -0.3 is 10.1 Å². The zero-order chi connectivity index (χ0) is 12.2. The third-order valence-electron chi connectivity index (χ3n) is 2.51. The number of ether oxygens (including phenoxy) is 1. The maximum Gasteiger partial charge on any atom is 0.407 e. The number of amides is 1. The standard InChI is InChI=1S/C11H22N2O2S/c1-11(2,3)15-10(14)12-9-4-6-13(8-16)7-5-9/h9,16H,4-8H2,1-3H3,(H,12,14). The first-order valence-electron chi connectivity index (χ1n) is 5.73. The number of likely N-dealkylation sites (tertiary alicyclic amines) is 1. The minimum atomic E-state index is -0.421. The van der Waals surface area contributed by atoms with Crippen molar-refractivity contribution in [3.8, 4) is 0 Å². The van der Waals surface area contributed by atoms with Gasteiger partial charge in [-0.3, -0.25) is 4.90 Å². The van der Waals surface area contributed by atoms with Gasteiger partial charge in [-0.05, 0) is 33.6 Å². The fraction of sp³-hybridized carbons (Fsp3) is 0.909. The van der Waals surface area contributed by atoms with Gasteiger partial charge in [0.2, 0.25) is 0 Å². The Labute approximate surface area is 103 Å². The number of nitrogens with zero attached hydrogens (tertiary/aromatic N) is 1. The van der Waals surface area contributed by atoms with Gasteiger partial charge in [0, 0.05) is 25.0 Å². The minimum absolute atomic E-state index is 0.242. The van der Waals surface area contributed by atoms with E-state index in [0.29, 0.717) is 0 Å². The van der Waals surface area contributed by atoms with Gasteiger partial charge in [0.15, 0.2) is 0 Å². The van der Waals surface area contributed by atoms with Crippen LogP contribution in [-0.2, 0) is 4.74 Å². The highest BCUT2D eigenvalue weighted by Gasteiger charge is 2.22. The van der Waals surface area contributed by atoms with E-state index < -0.39 is 5.60 Å². The Bertz CT molecular complexity index is 233. The van der Waals surface area contributed by atoms with Gasteiger partial charge in [-0.25, -0.2) is 4.79 Å². The molecule has 16 heavy (non-hydrogen) atoms. The van der Waals surface area contributed by atoms with Crippen molar-refractivity contribution in [2.45, 2.75) is 45.3 Å². The van der Waals surface area contributed by atoms with Crippen molar-refractivity contribution >= 4 is 18.7 Å². The number of carbonyl (C=O) groups is 1. The van der Waals surface area contributed by atoms with Crippen LogP contribution in [0.2, 0.25) is 0 Å². The third-order valence-corrected chi connectivity index (χ3v) is 2.91. The number of rotatable bonds is 2. The van der Waals surface area contributed by atoms with Gasteiger partial charge in [-0.15, -0.1) is 0 Å². The van der Waals surface area contributed by atoms with Gasteiger partial charge in [0.05, 0.1) is 0 Å². The summed E-state index contributed by atoms with van der Waals surface area (Å²) < 4.78 is 5.21. The van der Waals surface area contributed by atoms with E-state index in [4.69, 9.17) is 4.74 Å². The molecule has 0 saturated carbocycles. The highest BCUT2D eigenvalue weighted by molar-refractivity contribution is 7.80. The normalized spacial score (nSPS) is 19.5. The molecule has 0 aromatic rings. The Morgan fingerprint density at radius 2 is 2.00 bits per heavy atom. The first-order valence-corrected chi connectivity index (χ1v) is 6.36. The van der Waals surface area contributed by atoms with Gasteiger partial charge in [-0.2, -0.15) is 12.6 Å². The molecular formula is C11H22N2O2S. The van der Waals surface area contributed by atoms with Gasteiger partial charge in [0.1, 0.15) is 5.60 Å². The Morgan fingerprint density at radius 1 is 1.44 bits per heavy atom. The third kappa shape index (κ3) is 5.07. The monoisotopic (exact) mass is 246 g/mol. The van der Waals surface area contributed by atoms with Crippen LogP contribution in [0.15, 0.2) is 0 Å². The average molecular weight is 246 g/mol. The molecule has 0 radical (unpaired) electrons. The SMILES string of the molecule is CC(C)(C)OC(=O)NC1CCN(CS)CC1. The highest BCUT2D eigenvalue weighted by atomic mass is 32.1. The summed E-state index contributed by atoms with van der Waals surface area (Å²) >= 11 is 4.23. The number of hydrogen-bond acceptors (Lipinski definition) is 4. The molecule has 0 aliphatic carbocycles. The van der Waals surface area contributed by atoms with Crippen molar-refractivity contribution in [3.05, 3.63) is 0 Å². The van der Waals surface area contributed by atoms with Crippen molar-refractivity contribution in [3.63, 3.8) is 0 Å². The molecule has 4 nitrogen and oxygen atoms in total. The molecule has 0 spiro atoms. The summed E-state index contributed by atoms with van der Waals surface area (Å²) in [4.78, 5) is 13.8. The lowest BCUT2D eigenvalue weighted by molar-refractivity contribution is 0.0482. The largest absolute Gasteiger partial charge is 0.444 e. The zero-order valence-electron chi connectivity index (χ0n) is 10.3. The molecule has 0 aromatic heterocycles. The summed E-state index contributed by atoms with van der Waals surface area (Å²) in [7, 11) is 0. The van der Waals surface area contributed by atoms with Crippen LogP contribution in [-0.4, -0.2) is 41.6 Å². The molecule has 1 N–H and O–H groups in total. The molecule has 0 unspecified atom stereocenters. The molecule has 1 rings (SSSR count). The molecule has 1 heterocycles. The van der Waals surface area contributed by atoms with Gasteiger partial charge in [0.25, 0.3) is 0 Å². The van der Waals surface area contributed by atoms with E-state index in [1.807, 2.05) is 20.8 Å². The van der Waals surface area contributed by atoms with Gasteiger partial charge in [-0.1, -0.05) is 0 Å². The summed E-state index contributed by atoms with van der Waals surface area (Å²) in [5.74, 6) is 0.791. The molecular weight excluding hydrogens is 224 g/mol. The lowest BCUT2D eigenvalue weighted by atomic mass is 10.1. The molecule has 5 heteroatoms. The number of hydrogen-bond donors (Lipinski definition) is 2. The Kier molecular flexibility index (Phi) is 4.92. The Balaban J connectivity index is 2.26. The van der Waals surface area contributed by atoms with E-state index in [0.717, 1.165) is 31.8 Å². The van der Waals surface area contributed by atoms with Crippen LogP contribution < -0.4 is 5.32 Å². The summed E-state index contributed by atoms with van der Waals surface area (Å²) in [5.41, 5.74) is -0.421. The summed E-state index contributed by atoms with van der Waals surface area (Å²) in [5, 5.41) is 2.91. The molecule has 94 valence electrons. The molecule has 0 atom stereocenters. The predicted molar refractivity (Wildman–Crippen MR) is 67.8 cm³/mol. The Morgan fingerprint density at radius 3 is 2.44 bits per heavy atom. The zero-order valence-corrected chi connectivity index (χ0v) is 11.2. The van der Waals surface area contributed by atoms with Crippen LogP contribution in [0.1, 0.15) is 33.6 Å². The smallest absolute Gasteiger partial charge is 0.407 e. The fourth-order valence-corrected chi connectivity index (χ4v) is 1.98. The van der Waals surface area contributed by atoms with Crippen LogP contribution in [0.3, 0.4) is 0 Å². The van der Waals surface area contributed by atoms with Crippen LogP contribution in [0.25, 0.3) is 0 Å². The molecule has 1 saturated heterocycles. The summed E-state index contributed by atoms with van der Waals surface area (Å²) in [6.45, 7) is 7.59. The average Bonchev–Trinajstić information content (AvgIpc) is 2.16. The number of alkyl carbamates (subject to hydrolysis) is 1. The van der Waals surface area contributed by atoms with Crippen molar-refractivity contribution in [1.82, 2.24) is 10.2 Å². The molecule has 1 aliphatic rings. The molecule has 1 fully saturated rings. The van der Waals surface area contributed by atoms with Crippen LogP contribution in [0, 0.1) is 0 Å². The first-order chi connectivity index (χ1) is 7.40. The van der Waals surface area contributed by atoms with Crippen LogP contribution >= 0.6 is 12.6 Å². The topological polar surface area (TPSA) is 41.6 Å². The molecule has 0 bridgehead atoms. The van der Waals surface area contributed by atoms with E-state index in [1.165, 1.54) is 0 Å². The minimum Gasteiger partial charge on any atom is -0.444 e. The van der Waals surface area contributed by atoms with E-state index in [9.17, 15) is 4.79 Å². The first kappa shape index (κ1) is 13.6. The van der Waals surface area contributed by atoms with Crippen molar-refractivity contribution in [2.24, 2.45) is 0 Å². The lowest BCUT2D eigenvalue weighted by Crippen LogP contribution is -2.45. The second kappa shape index (κ2) is 5.77. The van der Waals surface area contributed by atoms with E-state index in [2.05, 4.69) is 22.8 Å². The second-order valence-electron chi connectivity index (χ2n) is 5.18. The number of piperidine rings is 1. The maximum atomic E-state index is 11.5. The van der Waals surface area contributed by atoms with Gasteiger partial charge >= 0.3 is 6.09 Å². The van der Waals surface area contributed by atoms with Crippen LogP contribution in [0.5, 0.6) is 0 Å². The molecule has 1 amide bonds.